The maximum absolute atomic E-state index is 13.7. The summed E-state index contributed by atoms with van der Waals surface area (Å²) < 4.78 is 19.1. The molecule has 1 heterocycles. The molecule has 1 saturated heterocycles. The van der Waals surface area contributed by atoms with Crippen LogP contribution in [0.15, 0.2) is 66.3 Å². The number of ether oxygens (including phenoxy) is 3. The molecular weight excluding hydrogens is 594 g/mol. The summed E-state index contributed by atoms with van der Waals surface area (Å²) in [5.41, 5.74) is 3.06. The predicted molar refractivity (Wildman–Crippen MR) is 166 cm³/mol. The number of fused-ring (bicyclic) bond motifs is 2. The summed E-state index contributed by atoms with van der Waals surface area (Å²) in [5.74, 6) is -3.23. The number of carbonyl (C=O) groups is 4. The number of aliphatic hydroxyl groups is 2. The maximum atomic E-state index is 13.7. The first-order chi connectivity index (χ1) is 22.0. The summed E-state index contributed by atoms with van der Waals surface area (Å²) in [6.07, 6.45) is 1.78. The summed E-state index contributed by atoms with van der Waals surface area (Å²) in [6.45, 7) is 1.02. The minimum atomic E-state index is -1.29. The van der Waals surface area contributed by atoms with Gasteiger partial charge in [0.15, 0.2) is 5.79 Å². The van der Waals surface area contributed by atoms with Gasteiger partial charge in [0.2, 0.25) is 17.7 Å². The van der Waals surface area contributed by atoms with Crippen LogP contribution in [0.25, 0.3) is 6.08 Å². The molecule has 0 radical (unpaired) electrons. The molecule has 0 aromatic heterocycles. The Bertz CT molecular complexity index is 1520. The van der Waals surface area contributed by atoms with Crippen molar-refractivity contribution >= 4 is 29.8 Å². The van der Waals surface area contributed by atoms with E-state index in [4.69, 9.17) is 19.3 Å². The van der Waals surface area contributed by atoms with Gasteiger partial charge in [0.1, 0.15) is 24.4 Å². The zero-order valence-corrected chi connectivity index (χ0v) is 26.0. The van der Waals surface area contributed by atoms with Crippen LogP contribution in [0.2, 0.25) is 0 Å². The molecule has 1 fully saturated rings. The highest BCUT2D eigenvalue weighted by atomic mass is 16.8. The Hall–Kier alpha value is -4.36. The van der Waals surface area contributed by atoms with Crippen LogP contribution in [0, 0.1) is 0 Å². The summed E-state index contributed by atoms with van der Waals surface area (Å²) >= 11 is 0. The molecule has 4 N–H and O–H groups in total. The molecule has 1 aliphatic heterocycles. The van der Waals surface area contributed by atoms with E-state index in [-0.39, 0.29) is 36.6 Å². The number of hydrogen-bond donors (Lipinski definition) is 4. The first-order valence-electron chi connectivity index (χ1n) is 15.2. The minimum absolute atomic E-state index is 0.0436. The summed E-state index contributed by atoms with van der Waals surface area (Å²) in [4.78, 5) is 53.3. The van der Waals surface area contributed by atoms with Crippen molar-refractivity contribution < 1.29 is 43.6 Å². The van der Waals surface area contributed by atoms with Gasteiger partial charge in [0, 0.05) is 51.6 Å². The molecule has 2 aromatic rings. The number of amides is 3. The van der Waals surface area contributed by atoms with Crippen molar-refractivity contribution in [2.24, 2.45) is 0 Å². The second kappa shape index (κ2) is 14.0. The van der Waals surface area contributed by atoms with Gasteiger partial charge < -0.3 is 40.0 Å². The van der Waals surface area contributed by atoms with Crippen LogP contribution in [-0.4, -0.2) is 102 Å². The van der Waals surface area contributed by atoms with E-state index in [1.165, 1.54) is 17.9 Å². The lowest BCUT2D eigenvalue weighted by atomic mass is 9.91. The molecule has 12 nitrogen and oxygen atoms in total. The maximum Gasteiger partial charge on any atom is 0.339 e. The highest BCUT2D eigenvalue weighted by molar-refractivity contribution is 5.98. The minimum Gasteiger partial charge on any atom is -0.456 e. The summed E-state index contributed by atoms with van der Waals surface area (Å²) in [6, 6.07) is 13.3. The number of benzene rings is 2. The van der Waals surface area contributed by atoms with Crippen LogP contribution in [0.3, 0.4) is 0 Å². The van der Waals surface area contributed by atoms with Gasteiger partial charge in [-0.05, 0) is 41.8 Å². The van der Waals surface area contributed by atoms with Gasteiger partial charge in [-0.25, -0.2) is 4.79 Å². The lowest BCUT2D eigenvalue weighted by molar-refractivity contribution is -0.172. The second-order valence-electron chi connectivity index (χ2n) is 11.9. The molecule has 2 aliphatic carbocycles. The Morgan fingerprint density at radius 3 is 2.39 bits per heavy atom. The van der Waals surface area contributed by atoms with Gasteiger partial charge in [-0.2, -0.15) is 0 Å². The monoisotopic (exact) mass is 633 g/mol. The number of likely N-dealkylation sites (N-methyl/N-ethyl adjacent to an activating group) is 1. The summed E-state index contributed by atoms with van der Waals surface area (Å²) in [7, 11) is 3.25. The quantitative estimate of drug-likeness (QED) is 0.220. The molecule has 0 bridgehead atoms. The van der Waals surface area contributed by atoms with Crippen LogP contribution in [0.4, 0.5) is 0 Å². The van der Waals surface area contributed by atoms with Gasteiger partial charge in [-0.15, -0.1) is 0 Å². The third-order valence-corrected chi connectivity index (χ3v) is 8.26. The van der Waals surface area contributed by atoms with Crippen molar-refractivity contribution in [3.63, 3.8) is 0 Å². The van der Waals surface area contributed by atoms with Crippen LogP contribution >= 0.6 is 0 Å². The van der Waals surface area contributed by atoms with Crippen LogP contribution in [0.5, 0.6) is 0 Å². The zero-order valence-electron chi connectivity index (χ0n) is 26.0. The third kappa shape index (κ3) is 7.20. The largest absolute Gasteiger partial charge is 0.456 e. The number of nitrogens with zero attached hydrogens (tertiary/aromatic N) is 1. The van der Waals surface area contributed by atoms with Crippen LogP contribution in [-0.2, 0) is 41.4 Å². The van der Waals surface area contributed by atoms with Gasteiger partial charge in [0.05, 0.1) is 18.3 Å². The van der Waals surface area contributed by atoms with E-state index in [9.17, 15) is 24.3 Å². The topological polar surface area (TPSA) is 164 Å². The van der Waals surface area contributed by atoms with Crippen molar-refractivity contribution in [3.05, 3.63) is 88.5 Å². The molecule has 244 valence electrons. The number of rotatable bonds is 10. The number of hydrogen-bond acceptors (Lipinski definition) is 9. The fourth-order valence-corrected chi connectivity index (χ4v) is 5.93. The zero-order chi connectivity index (χ0) is 33.0. The third-order valence-electron chi connectivity index (χ3n) is 8.26. The molecule has 5 rings (SSSR count). The molecule has 2 aromatic carbocycles. The fraction of sp³-hybridized carbons (Fsp3) is 0.412. The van der Waals surface area contributed by atoms with Crippen LogP contribution < -0.4 is 10.6 Å². The van der Waals surface area contributed by atoms with Gasteiger partial charge in [0.25, 0.3) is 0 Å². The van der Waals surface area contributed by atoms with Crippen molar-refractivity contribution in [1.82, 2.24) is 15.5 Å². The molecular formula is C34H39N3O9. The Morgan fingerprint density at radius 2 is 1.74 bits per heavy atom. The lowest BCUT2D eigenvalue weighted by Gasteiger charge is -2.31. The van der Waals surface area contributed by atoms with E-state index >= 15 is 0 Å². The van der Waals surface area contributed by atoms with E-state index in [2.05, 4.69) is 10.6 Å². The highest BCUT2D eigenvalue weighted by Crippen LogP contribution is 2.45. The Kier molecular flexibility index (Phi) is 10.0. The van der Waals surface area contributed by atoms with E-state index in [1.54, 1.807) is 50.5 Å². The van der Waals surface area contributed by atoms with E-state index in [0.717, 1.165) is 11.1 Å². The molecule has 46 heavy (non-hydrogen) atoms. The van der Waals surface area contributed by atoms with E-state index < -0.39 is 54.0 Å². The van der Waals surface area contributed by atoms with Gasteiger partial charge in [-0.1, -0.05) is 42.5 Å². The molecule has 3 aliphatic rings. The van der Waals surface area contributed by atoms with Crippen molar-refractivity contribution in [2.45, 2.75) is 62.4 Å². The highest BCUT2D eigenvalue weighted by Gasteiger charge is 2.55. The predicted octanol–water partition coefficient (Wildman–Crippen LogP) is 0.897. The molecule has 0 saturated carbocycles. The SMILES string of the molecule is CC(O)C(NC(=O)C1=CC2OC3(Cc4ccccc4C3)OC2C(OC(=O)c2ccccc2C=CC(=O)N(C)C)C1)C(=O)NCCO. The molecule has 5 atom stereocenters. The van der Waals surface area contributed by atoms with Crippen molar-refractivity contribution in [1.29, 1.82) is 0 Å². The fourth-order valence-electron chi connectivity index (χ4n) is 5.93. The number of esters is 1. The van der Waals surface area contributed by atoms with E-state index in [0.29, 0.717) is 18.4 Å². The van der Waals surface area contributed by atoms with Crippen molar-refractivity contribution in [3.8, 4) is 0 Å². The molecule has 5 unspecified atom stereocenters. The first kappa shape index (κ1) is 33.0. The van der Waals surface area contributed by atoms with Crippen LogP contribution in [0.1, 0.15) is 40.4 Å². The Labute approximate surface area is 267 Å². The molecule has 1 spiro atoms. The first-order valence-corrected chi connectivity index (χ1v) is 15.2. The smallest absolute Gasteiger partial charge is 0.339 e. The number of nitrogens with one attached hydrogen (secondary N) is 2. The van der Waals surface area contributed by atoms with Crippen molar-refractivity contribution in [2.75, 3.05) is 27.2 Å². The number of aliphatic hydroxyl groups excluding tert-OH is 2. The number of carbonyl (C=O) groups excluding carboxylic acids is 4. The van der Waals surface area contributed by atoms with Gasteiger partial charge in [-0.3, -0.25) is 14.4 Å². The standard InChI is InChI=1S/C34H39N3O9/c1-20(39)29(32(42)35-14-15-38)36-31(41)24-16-26(44-33(43)25-11-7-6-8-21(25)12-13-28(40)37(2)3)30-27(17-24)45-34(46-30)18-22-9-4-5-10-23(22)19-34/h4-13,17,20,26-27,29-30,38-39H,14-16,18-19H2,1-3H3,(H,35,42)(H,36,41). The lowest BCUT2D eigenvalue weighted by Crippen LogP contribution is -2.54. The second-order valence-corrected chi connectivity index (χ2v) is 11.9. The van der Waals surface area contributed by atoms with Gasteiger partial charge >= 0.3 is 5.97 Å². The molecule has 12 heteroatoms. The molecule has 3 amide bonds. The normalized spacial score (nSPS) is 22.4. The van der Waals surface area contributed by atoms with E-state index in [1.807, 2.05) is 24.3 Å². The Balaban J connectivity index is 1.41. The summed E-state index contributed by atoms with van der Waals surface area (Å²) in [5, 5.41) is 24.3. The average Bonchev–Trinajstić information content (AvgIpc) is 3.58. The average molecular weight is 634 g/mol. The Morgan fingerprint density at radius 1 is 1.07 bits per heavy atom.